The molecule has 0 radical (unpaired) electrons. The van der Waals surface area contributed by atoms with Crippen LogP contribution < -0.4 is 0 Å². The van der Waals surface area contributed by atoms with Crippen LogP contribution in [0.4, 0.5) is 0 Å². The number of esters is 2. The highest BCUT2D eigenvalue weighted by atomic mass is 16.6. The van der Waals surface area contributed by atoms with Gasteiger partial charge in [0.15, 0.2) is 6.10 Å². The number of allylic oxidation sites excluding steroid dienone is 18. The average Bonchev–Trinajstić information content (AvgIpc) is 3.25. The number of rotatable bonds is 43. The lowest BCUT2D eigenvalue weighted by Gasteiger charge is -2.18. The first kappa shape index (κ1) is 56.6. The number of carbonyl (C=O) groups is 2. The van der Waals surface area contributed by atoms with Crippen LogP contribution in [0.25, 0.3) is 0 Å². The molecule has 0 N–H and O–H groups in total. The van der Waals surface area contributed by atoms with Gasteiger partial charge < -0.3 is 14.2 Å². The summed E-state index contributed by atoms with van der Waals surface area (Å²) >= 11 is 0. The average molecular weight is 831 g/mol. The zero-order valence-corrected chi connectivity index (χ0v) is 38.9. The number of ether oxygens (including phenoxy) is 3. The molecule has 0 heterocycles. The molecule has 1 atom stereocenters. The van der Waals surface area contributed by atoms with Crippen molar-refractivity contribution in [3.8, 4) is 0 Å². The Labute approximate surface area is 370 Å². The molecule has 1 unspecified atom stereocenters. The molecule has 0 saturated carbocycles. The third-order valence-corrected chi connectivity index (χ3v) is 9.77. The molecule has 5 heteroatoms. The van der Waals surface area contributed by atoms with E-state index >= 15 is 0 Å². The van der Waals surface area contributed by atoms with Crippen molar-refractivity contribution in [2.24, 2.45) is 0 Å². The summed E-state index contributed by atoms with van der Waals surface area (Å²) in [6, 6.07) is 0. The first-order valence-corrected chi connectivity index (χ1v) is 24.4. The van der Waals surface area contributed by atoms with Gasteiger partial charge in [0.1, 0.15) is 6.61 Å². The molecular formula is C55H90O5. The second-order valence-electron chi connectivity index (χ2n) is 15.6. The Morgan fingerprint density at radius 3 is 1.27 bits per heavy atom. The first-order valence-electron chi connectivity index (χ1n) is 24.4. The monoisotopic (exact) mass is 831 g/mol. The summed E-state index contributed by atoms with van der Waals surface area (Å²) < 4.78 is 17.3. The van der Waals surface area contributed by atoms with Crippen molar-refractivity contribution in [3.05, 3.63) is 109 Å². The predicted octanol–water partition coefficient (Wildman–Crippen LogP) is 16.4. The predicted molar refractivity (Wildman–Crippen MR) is 260 cm³/mol. The summed E-state index contributed by atoms with van der Waals surface area (Å²) in [7, 11) is 0. The maximum atomic E-state index is 12.8. The zero-order valence-electron chi connectivity index (χ0n) is 38.9. The minimum absolute atomic E-state index is 0.0400. The lowest BCUT2D eigenvalue weighted by Crippen LogP contribution is -2.30. The molecule has 0 fully saturated rings. The minimum atomic E-state index is -0.577. The summed E-state index contributed by atoms with van der Waals surface area (Å²) in [5.41, 5.74) is 0. The van der Waals surface area contributed by atoms with Crippen LogP contribution in [-0.2, 0) is 23.8 Å². The molecule has 0 spiro atoms. The zero-order chi connectivity index (χ0) is 43.5. The molecule has 0 aliphatic carbocycles. The van der Waals surface area contributed by atoms with Crippen molar-refractivity contribution in [2.45, 2.75) is 207 Å². The van der Waals surface area contributed by atoms with Crippen LogP contribution in [0.1, 0.15) is 201 Å². The molecule has 0 rings (SSSR count). The molecule has 0 aromatic carbocycles. The van der Waals surface area contributed by atoms with E-state index in [1.54, 1.807) is 0 Å². The van der Waals surface area contributed by atoms with Gasteiger partial charge in [-0.2, -0.15) is 0 Å². The van der Waals surface area contributed by atoms with Crippen LogP contribution in [-0.4, -0.2) is 37.9 Å². The number of hydrogen-bond donors (Lipinski definition) is 0. The molecule has 60 heavy (non-hydrogen) atoms. The van der Waals surface area contributed by atoms with E-state index in [0.29, 0.717) is 19.4 Å². The van der Waals surface area contributed by atoms with E-state index in [0.717, 1.165) is 103 Å². The van der Waals surface area contributed by atoms with Crippen LogP contribution >= 0.6 is 0 Å². The molecular weight excluding hydrogens is 741 g/mol. The summed E-state index contributed by atoms with van der Waals surface area (Å²) in [5.74, 6) is -0.495. The highest BCUT2D eigenvalue weighted by Gasteiger charge is 2.17. The third-order valence-electron chi connectivity index (χ3n) is 9.77. The molecule has 0 amide bonds. The highest BCUT2D eigenvalue weighted by molar-refractivity contribution is 5.70. The minimum Gasteiger partial charge on any atom is -0.462 e. The van der Waals surface area contributed by atoms with E-state index < -0.39 is 6.10 Å². The van der Waals surface area contributed by atoms with Gasteiger partial charge in [-0.25, -0.2) is 0 Å². The summed E-state index contributed by atoms with van der Waals surface area (Å²) in [6.07, 6.45) is 68.1. The van der Waals surface area contributed by atoms with Crippen molar-refractivity contribution >= 4 is 11.9 Å². The van der Waals surface area contributed by atoms with Crippen molar-refractivity contribution in [1.29, 1.82) is 0 Å². The van der Waals surface area contributed by atoms with E-state index in [4.69, 9.17) is 14.2 Å². The lowest BCUT2D eigenvalue weighted by molar-refractivity contribution is -0.163. The largest absolute Gasteiger partial charge is 0.462 e. The van der Waals surface area contributed by atoms with Gasteiger partial charge in [0, 0.05) is 19.4 Å². The van der Waals surface area contributed by atoms with Gasteiger partial charge in [-0.3, -0.25) is 9.59 Å². The van der Waals surface area contributed by atoms with Gasteiger partial charge >= 0.3 is 11.9 Å². The van der Waals surface area contributed by atoms with Gasteiger partial charge in [0.05, 0.1) is 6.61 Å². The fourth-order valence-corrected chi connectivity index (χ4v) is 6.19. The lowest BCUT2D eigenvalue weighted by atomic mass is 10.1. The van der Waals surface area contributed by atoms with Gasteiger partial charge in [-0.1, -0.05) is 188 Å². The number of hydrogen-bond acceptors (Lipinski definition) is 5. The fraction of sp³-hybridized carbons (Fsp3) is 0.636. The van der Waals surface area contributed by atoms with E-state index in [9.17, 15) is 9.59 Å². The summed E-state index contributed by atoms with van der Waals surface area (Å²) in [5, 5.41) is 0. The molecule has 0 aromatic rings. The Morgan fingerprint density at radius 1 is 0.383 bits per heavy atom. The normalized spacial score (nSPS) is 13.2. The first-order chi connectivity index (χ1) is 29.6. The van der Waals surface area contributed by atoms with E-state index in [1.165, 1.54) is 64.2 Å². The van der Waals surface area contributed by atoms with Crippen molar-refractivity contribution in [3.63, 3.8) is 0 Å². The maximum absolute atomic E-state index is 12.8. The molecule has 0 aliphatic heterocycles. The molecule has 0 aliphatic rings. The van der Waals surface area contributed by atoms with Gasteiger partial charge in [0.2, 0.25) is 0 Å². The fourth-order valence-electron chi connectivity index (χ4n) is 6.19. The Balaban J connectivity index is 4.41. The van der Waals surface area contributed by atoms with Gasteiger partial charge in [-0.05, 0) is 109 Å². The second kappa shape index (κ2) is 49.9. The Bertz CT molecular complexity index is 1210. The maximum Gasteiger partial charge on any atom is 0.306 e. The summed E-state index contributed by atoms with van der Waals surface area (Å²) in [4.78, 5) is 25.3. The second-order valence-corrected chi connectivity index (χ2v) is 15.6. The Kier molecular flexibility index (Phi) is 47.1. The SMILES string of the molecule is CC/C=C\C/C=C\C/C=C\C/C=C\C/C=C\CCCC(=O)OCC(COCCCCCCCC/C=C\CCCC)OC(=O)CCCCCCC/C=C\C/C=C\C/C=C\CC. The van der Waals surface area contributed by atoms with Crippen LogP contribution in [0.15, 0.2) is 109 Å². The quantitative estimate of drug-likeness (QED) is 0.0348. The molecule has 0 aromatic heterocycles. The molecule has 0 saturated heterocycles. The highest BCUT2D eigenvalue weighted by Crippen LogP contribution is 2.12. The van der Waals surface area contributed by atoms with Gasteiger partial charge in [0.25, 0.3) is 0 Å². The number of carbonyl (C=O) groups excluding carboxylic acids is 2. The van der Waals surface area contributed by atoms with E-state index in [1.807, 2.05) is 0 Å². The Hall–Kier alpha value is -3.44. The van der Waals surface area contributed by atoms with E-state index in [2.05, 4.69) is 130 Å². The third kappa shape index (κ3) is 47.2. The van der Waals surface area contributed by atoms with Crippen LogP contribution in [0.5, 0.6) is 0 Å². The molecule has 5 nitrogen and oxygen atoms in total. The summed E-state index contributed by atoms with van der Waals surface area (Å²) in [6.45, 7) is 7.46. The van der Waals surface area contributed by atoms with E-state index in [-0.39, 0.29) is 25.2 Å². The van der Waals surface area contributed by atoms with Crippen molar-refractivity contribution in [2.75, 3.05) is 19.8 Å². The van der Waals surface area contributed by atoms with Crippen LogP contribution in [0.2, 0.25) is 0 Å². The molecule has 340 valence electrons. The number of unbranched alkanes of at least 4 members (excludes halogenated alkanes) is 14. The van der Waals surface area contributed by atoms with Gasteiger partial charge in [-0.15, -0.1) is 0 Å². The van der Waals surface area contributed by atoms with Crippen LogP contribution in [0.3, 0.4) is 0 Å². The van der Waals surface area contributed by atoms with Crippen molar-refractivity contribution in [1.82, 2.24) is 0 Å². The van der Waals surface area contributed by atoms with Crippen molar-refractivity contribution < 1.29 is 23.8 Å². The smallest absolute Gasteiger partial charge is 0.306 e. The Morgan fingerprint density at radius 2 is 0.767 bits per heavy atom. The standard InChI is InChI=1S/C55H90O5/c1-4-7-10-13-16-19-22-25-27-28-30-31-33-36-39-42-45-48-54(56)59-52-53(51-58-50-47-44-41-38-35-24-21-18-15-12-9-6-3)60-55(57)49-46-43-40-37-34-32-29-26-23-20-17-14-11-8-5-2/h7-8,10-11,15-20,25-27,29-31,36,39,53H,4-6,9,12-14,21-24,28,32-35,37-38,40-52H2,1-3H3/b10-7-,11-8-,18-15-,19-16-,20-17-,27-25-,29-26-,31-30-,39-36-. The topological polar surface area (TPSA) is 61.8 Å². The van der Waals surface area contributed by atoms with Crippen LogP contribution in [0, 0.1) is 0 Å². The molecule has 0 bridgehead atoms.